The van der Waals surface area contributed by atoms with Crippen LogP contribution in [0.4, 0.5) is 0 Å². The fourth-order valence-electron chi connectivity index (χ4n) is 2.64. The van der Waals surface area contributed by atoms with E-state index in [1.165, 1.54) is 19.3 Å². The predicted molar refractivity (Wildman–Crippen MR) is 89.7 cm³/mol. The number of hydrogen-bond donors (Lipinski definition) is 1. The molecule has 0 radical (unpaired) electrons. The number of hydrogen-bond acceptors (Lipinski definition) is 3. The average Bonchev–Trinajstić information content (AvgIpc) is 2.52. The van der Waals surface area contributed by atoms with Gasteiger partial charge in [-0.15, -0.1) is 0 Å². The van der Waals surface area contributed by atoms with Gasteiger partial charge in [0.05, 0.1) is 17.2 Å². The van der Waals surface area contributed by atoms with E-state index in [1.54, 1.807) is 0 Å². The molecule has 0 aromatic heterocycles. The third-order valence-electron chi connectivity index (χ3n) is 3.92. The molecule has 2 unspecified atom stereocenters. The predicted octanol–water partition coefficient (Wildman–Crippen LogP) is 4.59. The summed E-state index contributed by atoms with van der Waals surface area (Å²) >= 11 is 3.57. The molecule has 1 saturated heterocycles. The number of ether oxygens (including phenoxy) is 2. The van der Waals surface area contributed by atoms with Gasteiger partial charge >= 0.3 is 0 Å². The summed E-state index contributed by atoms with van der Waals surface area (Å²) < 4.78 is 12.4. The molecule has 1 aromatic carbocycles. The van der Waals surface area contributed by atoms with Gasteiger partial charge in [0.15, 0.2) is 0 Å². The van der Waals surface area contributed by atoms with E-state index in [0.717, 1.165) is 48.3 Å². The fraction of sp³-hybridized carbons (Fsp3) is 0.647. The van der Waals surface area contributed by atoms with E-state index in [9.17, 15) is 0 Å². The van der Waals surface area contributed by atoms with Crippen LogP contribution in [-0.4, -0.2) is 19.3 Å². The molecule has 2 atom stereocenters. The van der Waals surface area contributed by atoms with Gasteiger partial charge in [-0.1, -0.05) is 13.0 Å². The molecule has 2 N–H and O–H groups in total. The van der Waals surface area contributed by atoms with Gasteiger partial charge in [-0.05, 0) is 72.2 Å². The van der Waals surface area contributed by atoms with Crippen LogP contribution in [0.2, 0.25) is 0 Å². The van der Waals surface area contributed by atoms with E-state index in [-0.39, 0.29) is 6.04 Å². The third-order valence-corrected chi connectivity index (χ3v) is 4.54. The Morgan fingerprint density at radius 1 is 1.43 bits per heavy atom. The maximum atomic E-state index is 6.31. The van der Waals surface area contributed by atoms with Gasteiger partial charge in [0.1, 0.15) is 5.75 Å². The van der Waals surface area contributed by atoms with E-state index in [2.05, 4.69) is 35.0 Å². The highest BCUT2D eigenvalue weighted by Crippen LogP contribution is 2.30. The zero-order chi connectivity index (χ0) is 15.1. The van der Waals surface area contributed by atoms with Crippen LogP contribution in [0.15, 0.2) is 22.7 Å². The Bertz CT molecular complexity index is 433. The molecule has 1 heterocycles. The molecule has 0 amide bonds. The minimum Gasteiger partial charge on any atom is -0.492 e. The van der Waals surface area contributed by atoms with Gasteiger partial charge in [0.25, 0.3) is 0 Å². The second kappa shape index (κ2) is 8.76. The number of halogens is 1. The lowest BCUT2D eigenvalue weighted by atomic mass is 9.98. The van der Waals surface area contributed by atoms with Crippen LogP contribution in [0, 0.1) is 0 Å². The molecule has 1 fully saturated rings. The van der Waals surface area contributed by atoms with Crippen LogP contribution in [-0.2, 0) is 4.74 Å². The van der Waals surface area contributed by atoms with E-state index >= 15 is 0 Å². The Balaban J connectivity index is 1.86. The molecule has 4 heteroatoms. The van der Waals surface area contributed by atoms with E-state index < -0.39 is 0 Å². The SMILES string of the molecule is CCCOc1ccc(C(N)CCC2CCCCO2)cc1Br. The number of benzene rings is 1. The Morgan fingerprint density at radius 2 is 2.29 bits per heavy atom. The van der Waals surface area contributed by atoms with Crippen LogP contribution in [0.1, 0.15) is 57.1 Å². The first kappa shape index (κ1) is 16.8. The minimum atomic E-state index is 0.0621. The highest BCUT2D eigenvalue weighted by molar-refractivity contribution is 9.10. The third kappa shape index (κ3) is 5.28. The summed E-state index contributed by atoms with van der Waals surface area (Å²) in [5, 5.41) is 0. The van der Waals surface area contributed by atoms with E-state index in [1.807, 2.05) is 6.07 Å². The molecule has 21 heavy (non-hydrogen) atoms. The second-order valence-corrected chi connectivity index (χ2v) is 6.57. The Labute approximate surface area is 136 Å². The smallest absolute Gasteiger partial charge is 0.133 e. The van der Waals surface area contributed by atoms with Crippen molar-refractivity contribution in [3.8, 4) is 5.75 Å². The fourth-order valence-corrected chi connectivity index (χ4v) is 3.15. The lowest BCUT2D eigenvalue weighted by molar-refractivity contribution is 0.00912. The first-order valence-electron chi connectivity index (χ1n) is 8.00. The summed E-state index contributed by atoms with van der Waals surface area (Å²) in [6.07, 6.45) is 7.10. The minimum absolute atomic E-state index is 0.0621. The van der Waals surface area contributed by atoms with Gasteiger partial charge in [0.2, 0.25) is 0 Å². The van der Waals surface area contributed by atoms with Crippen molar-refractivity contribution in [2.75, 3.05) is 13.2 Å². The van der Waals surface area contributed by atoms with Gasteiger partial charge in [0, 0.05) is 12.6 Å². The standard InChI is InChI=1S/C17H26BrNO2/c1-2-10-21-17-9-6-13(12-15(17)18)16(19)8-7-14-5-3-4-11-20-14/h6,9,12,14,16H,2-5,7-8,10-11,19H2,1H3. The van der Waals surface area contributed by atoms with Crippen LogP contribution in [0.3, 0.4) is 0 Å². The molecule has 1 aliphatic rings. The number of rotatable bonds is 7. The quantitative estimate of drug-likeness (QED) is 0.777. The lowest BCUT2D eigenvalue weighted by Crippen LogP contribution is -2.21. The van der Waals surface area contributed by atoms with E-state index in [0.29, 0.717) is 6.10 Å². The zero-order valence-corrected chi connectivity index (χ0v) is 14.4. The van der Waals surface area contributed by atoms with Gasteiger partial charge in [-0.25, -0.2) is 0 Å². The first-order valence-corrected chi connectivity index (χ1v) is 8.79. The molecule has 0 saturated carbocycles. The van der Waals surface area contributed by atoms with Crippen LogP contribution in [0.25, 0.3) is 0 Å². The highest BCUT2D eigenvalue weighted by Gasteiger charge is 2.16. The molecular formula is C17H26BrNO2. The lowest BCUT2D eigenvalue weighted by Gasteiger charge is -2.24. The summed E-state index contributed by atoms with van der Waals surface area (Å²) in [5.74, 6) is 0.892. The number of nitrogens with two attached hydrogens (primary N) is 1. The van der Waals surface area contributed by atoms with Crippen molar-refractivity contribution < 1.29 is 9.47 Å². The molecule has 0 spiro atoms. The largest absolute Gasteiger partial charge is 0.492 e. The Kier molecular flexibility index (Phi) is 7.00. The molecule has 1 aromatic rings. The molecule has 2 rings (SSSR count). The molecule has 118 valence electrons. The van der Waals surface area contributed by atoms with E-state index in [4.69, 9.17) is 15.2 Å². The summed E-state index contributed by atoms with van der Waals surface area (Å²) in [6, 6.07) is 6.22. The van der Waals surface area contributed by atoms with Crippen LogP contribution >= 0.6 is 15.9 Å². The maximum absolute atomic E-state index is 6.31. The van der Waals surface area contributed by atoms with Crippen molar-refractivity contribution in [3.63, 3.8) is 0 Å². The summed E-state index contributed by atoms with van der Waals surface area (Å²) in [6.45, 7) is 3.75. The summed E-state index contributed by atoms with van der Waals surface area (Å²) in [5.41, 5.74) is 7.47. The summed E-state index contributed by atoms with van der Waals surface area (Å²) in [7, 11) is 0. The van der Waals surface area contributed by atoms with Crippen LogP contribution < -0.4 is 10.5 Å². The molecule has 3 nitrogen and oxygen atoms in total. The molecular weight excluding hydrogens is 330 g/mol. The summed E-state index contributed by atoms with van der Waals surface area (Å²) in [4.78, 5) is 0. The monoisotopic (exact) mass is 355 g/mol. The molecule has 0 bridgehead atoms. The second-order valence-electron chi connectivity index (χ2n) is 5.71. The normalized spacial score (nSPS) is 20.2. The van der Waals surface area contributed by atoms with Crippen LogP contribution in [0.5, 0.6) is 5.75 Å². The maximum Gasteiger partial charge on any atom is 0.133 e. The first-order chi connectivity index (χ1) is 10.2. The van der Waals surface area contributed by atoms with Gasteiger partial charge < -0.3 is 15.2 Å². The zero-order valence-electron chi connectivity index (χ0n) is 12.8. The van der Waals surface area contributed by atoms with Crippen molar-refractivity contribution in [1.82, 2.24) is 0 Å². The molecule has 1 aliphatic heterocycles. The van der Waals surface area contributed by atoms with Crippen molar-refractivity contribution >= 4 is 15.9 Å². The van der Waals surface area contributed by atoms with Crippen molar-refractivity contribution in [3.05, 3.63) is 28.2 Å². The van der Waals surface area contributed by atoms with Gasteiger partial charge in [-0.2, -0.15) is 0 Å². The average molecular weight is 356 g/mol. The Morgan fingerprint density at radius 3 is 2.95 bits per heavy atom. The Hall–Kier alpha value is -0.580. The van der Waals surface area contributed by atoms with Crippen molar-refractivity contribution in [2.24, 2.45) is 5.73 Å². The highest BCUT2D eigenvalue weighted by atomic mass is 79.9. The van der Waals surface area contributed by atoms with Gasteiger partial charge in [-0.3, -0.25) is 0 Å². The van der Waals surface area contributed by atoms with Crippen molar-refractivity contribution in [1.29, 1.82) is 0 Å². The van der Waals surface area contributed by atoms with Crippen molar-refractivity contribution in [2.45, 2.75) is 57.6 Å². The molecule has 0 aliphatic carbocycles. The topological polar surface area (TPSA) is 44.5 Å².